The van der Waals surface area contributed by atoms with E-state index in [1.165, 1.54) is 18.6 Å². The van der Waals surface area contributed by atoms with E-state index in [0.29, 0.717) is 12.5 Å². The molecule has 0 aliphatic rings. The van der Waals surface area contributed by atoms with Gasteiger partial charge < -0.3 is 5.11 Å². The third kappa shape index (κ3) is 6.99. The molecule has 0 fully saturated rings. The van der Waals surface area contributed by atoms with Crippen LogP contribution in [0.1, 0.15) is 33.6 Å². The van der Waals surface area contributed by atoms with Crippen molar-refractivity contribution in [3.8, 4) is 0 Å². The van der Waals surface area contributed by atoms with Crippen LogP contribution in [0.4, 0.5) is 0 Å². The highest BCUT2D eigenvalue weighted by Gasteiger charge is 2.03. The number of hydrogen-bond donors (Lipinski definition) is 1. The van der Waals surface area contributed by atoms with E-state index in [-0.39, 0.29) is 0 Å². The largest absolute Gasteiger partial charge is 0.396 e. The molecule has 0 radical (unpaired) electrons. The highest BCUT2D eigenvalue weighted by atomic mass is 32.2. The fraction of sp³-hybridized carbons (Fsp3) is 1.00. The summed E-state index contributed by atoms with van der Waals surface area (Å²) in [6.07, 6.45) is 2.62. The number of aliphatic hydroxyl groups is 1. The van der Waals surface area contributed by atoms with Gasteiger partial charge in [0.2, 0.25) is 0 Å². The van der Waals surface area contributed by atoms with Gasteiger partial charge in [-0.2, -0.15) is 11.8 Å². The van der Waals surface area contributed by atoms with Crippen LogP contribution in [0.5, 0.6) is 0 Å². The van der Waals surface area contributed by atoms with E-state index in [1.54, 1.807) is 0 Å². The molecule has 0 bridgehead atoms. The Morgan fingerprint density at radius 3 is 2.25 bits per heavy atom. The van der Waals surface area contributed by atoms with Gasteiger partial charge in [-0.3, -0.25) is 0 Å². The number of hydrogen-bond acceptors (Lipinski definition) is 2. The van der Waals surface area contributed by atoms with Crippen molar-refractivity contribution in [2.45, 2.75) is 33.6 Å². The van der Waals surface area contributed by atoms with Crippen molar-refractivity contribution in [3.05, 3.63) is 0 Å². The first-order valence-corrected chi connectivity index (χ1v) is 6.04. The van der Waals surface area contributed by atoms with Crippen molar-refractivity contribution < 1.29 is 5.11 Å². The van der Waals surface area contributed by atoms with Gasteiger partial charge in [0.15, 0.2) is 0 Å². The van der Waals surface area contributed by atoms with Gasteiger partial charge in [-0.05, 0) is 23.3 Å². The fourth-order valence-electron chi connectivity index (χ4n) is 1.10. The van der Waals surface area contributed by atoms with Crippen LogP contribution in [0.3, 0.4) is 0 Å². The molecule has 74 valence electrons. The highest BCUT2D eigenvalue weighted by molar-refractivity contribution is 7.99. The van der Waals surface area contributed by atoms with Crippen LogP contribution in [0.25, 0.3) is 0 Å². The summed E-state index contributed by atoms with van der Waals surface area (Å²) >= 11 is 1.97. The van der Waals surface area contributed by atoms with Gasteiger partial charge in [-0.15, -0.1) is 0 Å². The maximum absolute atomic E-state index is 8.79. The Hall–Kier alpha value is 0.310. The number of rotatable bonds is 7. The minimum atomic E-state index is 0.329. The summed E-state index contributed by atoms with van der Waals surface area (Å²) in [7, 11) is 0. The molecule has 12 heavy (non-hydrogen) atoms. The third-order valence-corrected chi connectivity index (χ3v) is 3.51. The van der Waals surface area contributed by atoms with Crippen molar-refractivity contribution in [2.24, 2.45) is 11.8 Å². The van der Waals surface area contributed by atoms with Crippen LogP contribution in [0.2, 0.25) is 0 Å². The van der Waals surface area contributed by atoms with Crippen molar-refractivity contribution in [1.29, 1.82) is 0 Å². The Kier molecular flexibility index (Phi) is 8.14. The Morgan fingerprint density at radius 1 is 1.17 bits per heavy atom. The second-order valence-corrected chi connectivity index (χ2v) is 4.79. The van der Waals surface area contributed by atoms with Crippen LogP contribution in [-0.4, -0.2) is 23.2 Å². The van der Waals surface area contributed by atoms with Crippen LogP contribution >= 0.6 is 11.8 Å². The van der Waals surface area contributed by atoms with Gasteiger partial charge in [-0.1, -0.05) is 33.6 Å². The average Bonchev–Trinajstić information content (AvgIpc) is 2.04. The topological polar surface area (TPSA) is 20.2 Å². The summed E-state index contributed by atoms with van der Waals surface area (Å²) < 4.78 is 0. The van der Waals surface area contributed by atoms with Crippen molar-refractivity contribution >= 4 is 11.8 Å². The molecule has 2 atom stereocenters. The Bertz CT molecular complexity index is 95.8. The van der Waals surface area contributed by atoms with Gasteiger partial charge in [0.1, 0.15) is 0 Å². The van der Waals surface area contributed by atoms with Crippen LogP contribution in [0, 0.1) is 11.8 Å². The molecule has 0 spiro atoms. The fourth-order valence-corrected chi connectivity index (χ4v) is 2.31. The highest BCUT2D eigenvalue weighted by Crippen LogP contribution is 2.15. The zero-order valence-electron chi connectivity index (χ0n) is 8.55. The van der Waals surface area contributed by atoms with Crippen molar-refractivity contribution in [3.63, 3.8) is 0 Å². The minimum absolute atomic E-state index is 0.329. The molecule has 0 aromatic heterocycles. The van der Waals surface area contributed by atoms with E-state index < -0.39 is 0 Å². The van der Waals surface area contributed by atoms with Gasteiger partial charge in [0.05, 0.1) is 0 Å². The second-order valence-electron chi connectivity index (χ2n) is 3.72. The Labute approximate surface area is 80.9 Å². The molecule has 0 rings (SSSR count). The number of thioether (sulfide) groups is 1. The minimum Gasteiger partial charge on any atom is -0.396 e. The quantitative estimate of drug-likeness (QED) is 0.666. The average molecular weight is 190 g/mol. The first kappa shape index (κ1) is 12.3. The van der Waals surface area contributed by atoms with E-state index in [1.807, 2.05) is 11.8 Å². The molecular weight excluding hydrogens is 168 g/mol. The predicted octanol–water partition coefficient (Wildman–Crippen LogP) is 2.78. The molecule has 0 saturated carbocycles. The Balaban J connectivity index is 3.18. The van der Waals surface area contributed by atoms with E-state index in [9.17, 15) is 0 Å². The SMILES string of the molecule is CCCC(C)CSCC(C)CO. The second kappa shape index (κ2) is 7.93. The van der Waals surface area contributed by atoms with Gasteiger partial charge >= 0.3 is 0 Å². The maximum atomic E-state index is 8.79. The standard InChI is InChI=1S/C10H22OS/c1-4-5-9(2)7-12-8-10(3)6-11/h9-11H,4-8H2,1-3H3. The molecule has 0 heterocycles. The summed E-state index contributed by atoms with van der Waals surface area (Å²) in [4.78, 5) is 0. The molecule has 0 amide bonds. The molecule has 2 unspecified atom stereocenters. The molecule has 1 N–H and O–H groups in total. The Morgan fingerprint density at radius 2 is 1.75 bits per heavy atom. The molecule has 2 heteroatoms. The van der Waals surface area contributed by atoms with Gasteiger partial charge in [0.25, 0.3) is 0 Å². The lowest BCUT2D eigenvalue weighted by atomic mass is 10.1. The molecular formula is C10H22OS. The lowest BCUT2D eigenvalue weighted by Crippen LogP contribution is -2.06. The summed E-state index contributed by atoms with van der Waals surface area (Å²) in [5.74, 6) is 3.65. The van der Waals surface area contributed by atoms with E-state index in [2.05, 4.69) is 20.8 Å². The van der Waals surface area contributed by atoms with E-state index >= 15 is 0 Å². The van der Waals surface area contributed by atoms with Crippen LogP contribution < -0.4 is 0 Å². The van der Waals surface area contributed by atoms with Crippen molar-refractivity contribution in [1.82, 2.24) is 0 Å². The molecule has 0 aliphatic heterocycles. The normalized spacial score (nSPS) is 16.0. The van der Waals surface area contributed by atoms with Crippen LogP contribution in [0.15, 0.2) is 0 Å². The van der Waals surface area contributed by atoms with Crippen LogP contribution in [-0.2, 0) is 0 Å². The first-order valence-electron chi connectivity index (χ1n) is 4.89. The monoisotopic (exact) mass is 190 g/mol. The third-order valence-electron chi connectivity index (χ3n) is 1.90. The molecule has 1 nitrogen and oxygen atoms in total. The van der Waals surface area contributed by atoms with Crippen molar-refractivity contribution in [2.75, 3.05) is 18.1 Å². The smallest absolute Gasteiger partial charge is 0.0464 e. The van der Waals surface area contributed by atoms with E-state index in [0.717, 1.165) is 11.7 Å². The van der Waals surface area contributed by atoms with Gasteiger partial charge in [0, 0.05) is 6.61 Å². The predicted molar refractivity (Wildman–Crippen MR) is 57.6 cm³/mol. The lowest BCUT2D eigenvalue weighted by Gasteiger charge is -2.11. The molecule has 0 aromatic carbocycles. The maximum Gasteiger partial charge on any atom is 0.0464 e. The molecule has 0 aromatic rings. The summed E-state index contributed by atoms with van der Waals surface area (Å²) in [6, 6.07) is 0. The first-order chi connectivity index (χ1) is 5.70. The van der Waals surface area contributed by atoms with E-state index in [4.69, 9.17) is 5.11 Å². The lowest BCUT2D eigenvalue weighted by molar-refractivity contribution is 0.250. The molecule has 0 aliphatic carbocycles. The molecule has 0 saturated heterocycles. The number of aliphatic hydroxyl groups excluding tert-OH is 1. The zero-order valence-corrected chi connectivity index (χ0v) is 9.36. The zero-order chi connectivity index (χ0) is 9.40. The summed E-state index contributed by atoms with van der Waals surface area (Å²) in [5, 5.41) is 8.79. The van der Waals surface area contributed by atoms with Gasteiger partial charge in [-0.25, -0.2) is 0 Å². The summed E-state index contributed by atoms with van der Waals surface area (Å²) in [5.41, 5.74) is 0. The summed E-state index contributed by atoms with van der Waals surface area (Å²) in [6.45, 7) is 6.96.